The summed E-state index contributed by atoms with van der Waals surface area (Å²) < 4.78 is 7.05. The normalized spacial score (nSPS) is 11.7. The van der Waals surface area contributed by atoms with Crippen LogP contribution in [-0.4, -0.2) is 45.1 Å². The Bertz CT molecular complexity index is 1030. The number of carbonyl (C=O) groups excluding carboxylic acids is 2. The van der Waals surface area contributed by atoms with E-state index in [2.05, 4.69) is 15.4 Å². The summed E-state index contributed by atoms with van der Waals surface area (Å²) in [6.07, 6.45) is 3.39. The number of carbonyl (C=O) groups is 2. The van der Waals surface area contributed by atoms with Crippen LogP contribution in [-0.2, 0) is 16.1 Å². The van der Waals surface area contributed by atoms with Crippen molar-refractivity contribution in [1.82, 2.24) is 19.7 Å². The number of para-hydroxylation sites is 1. The molecule has 0 aliphatic heterocycles. The van der Waals surface area contributed by atoms with E-state index >= 15 is 0 Å². The Morgan fingerprint density at radius 2 is 2.00 bits per heavy atom. The standard InChI is InChI=1S/C22H27N5O3S/c1-15(22-16(2)31-17(3)24-22)26(4)21(29)14-27-13-18(12-23-27)25-20(28)10-11-30-19-8-6-5-7-9-19/h5-9,12-13,15H,10-11,14H2,1-4H3,(H,25,28). The minimum atomic E-state index is -0.179. The zero-order chi connectivity index (χ0) is 22.4. The van der Waals surface area contributed by atoms with Crippen LogP contribution in [0.1, 0.15) is 35.0 Å². The molecule has 3 rings (SSSR count). The summed E-state index contributed by atoms with van der Waals surface area (Å²) in [4.78, 5) is 32.1. The van der Waals surface area contributed by atoms with Gasteiger partial charge in [0.25, 0.3) is 0 Å². The Balaban J connectivity index is 1.48. The van der Waals surface area contributed by atoms with Crippen LogP contribution >= 0.6 is 11.3 Å². The Morgan fingerprint density at radius 3 is 2.68 bits per heavy atom. The van der Waals surface area contributed by atoms with Gasteiger partial charge in [-0.2, -0.15) is 5.10 Å². The fourth-order valence-electron chi connectivity index (χ4n) is 3.10. The lowest BCUT2D eigenvalue weighted by Gasteiger charge is -2.24. The molecule has 2 heterocycles. The molecule has 9 heteroatoms. The quantitative estimate of drug-likeness (QED) is 0.548. The molecular weight excluding hydrogens is 414 g/mol. The summed E-state index contributed by atoms with van der Waals surface area (Å²) in [5.74, 6) is 0.458. The second-order valence-electron chi connectivity index (χ2n) is 7.24. The molecule has 1 aromatic carbocycles. The van der Waals surface area contributed by atoms with Crippen LogP contribution < -0.4 is 10.1 Å². The highest BCUT2D eigenvalue weighted by Crippen LogP contribution is 2.26. The number of likely N-dealkylation sites (N-methyl/N-ethyl adjacent to an activating group) is 1. The number of ether oxygens (including phenoxy) is 1. The SMILES string of the molecule is Cc1nc(C(C)N(C)C(=O)Cn2cc(NC(=O)CCOc3ccccc3)cn2)c(C)s1. The second kappa shape index (κ2) is 10.2. The van der Waals surface area contributed by atoms with E-state index in [9.17, 15) is 9.59 Å². The molecule has 0 bridgehead atoms. The van der Waals surface area contributed by atoms with Crippen molar-refractivity contribution < 1.29 is 14.3 Å². The first kappa shape index (κ1) is 22.5. The number of aryl methyl sites for hydroxylation is 2. The molecule has 0 aliphatic carbocycles. The zero-order valence-electron chi connectivity index (χ0n) is 18.2. The number of benzene rings is 1. The Morgan fingerprint density at radius 1 is 1.26 bits per heavy atom. The van der Waals surface area contributed by atoms with Crippen LogP contribution in [0.2, 0.25) is 0 Å². The Kier molecular flexibility index (Phi) is 7.41. The molecule has 1 atom stereocenters. The molecule has 0 radical (unpaired) electrons. The number of amides is 2. The molecule has 8 nitrogen and oxygen atoms in total. The Hall–Kier alpha value is -3.20. The number of thiazole rings is 1. The van der Waals surface area contributed by atoms with Gasteiger partial charge >= 0.3 is 0 Å². The van der Waals surface area contributed by atoms with E-state index in [-0.39, 0.29) is 37.4 Å². The van der Waals surface area contributed by atoms with Crippen molar-refractivity contribution in [3.05, 3.63) is 58.3 Å². The number of nitrogens with one attached hydrogen (secondary N) is 1. The van der Waals surface area contributed by atoms with Gasteiger partial charge in [-0.15, -0.1) is 11.3 Å². The number of nitrogens with zero attached hydrogens (tertiary/aromatic N) is 4. The van der Waals surface area contributed by atoms with E-state index in [0.29, 0.717) is 5.69 Å². The maximum absolute atomic E-state index is 12.7. The van der Waals surface area contributed by atoms with Crippen molar-refractivity contribution in [1.29, 1.82) is 0 Å². The van der Waals surface area contributed by atoms with E-state index in [1.54, 1.807) is 29.5 Å². The monoisotopic (exact) mass is 441 g/mol. The number of hydrogen-bond acceptors (Lipinski definition) is 6. The third-order valence-electron chi connectivity index (χ3n) is 4.86. The number of hydrogen-bond donors (Lipinski definition) is 1. The minimum Gasteiger partial charge on any atom is -0.493 e. The second-order valence-corrected chi connectivity index (χ2v) is 8.65. The summed E-state index contributed by atoms with van der Waals surface area (Å²) in [6.45, 7) is 6.30. The van der Waals surface area contributed by atoms with Crippen LogP contribution in [0.5, 0.6) is 5.75 Å². The van der Waals surface area contributed by atoms with Crippen molar-refractivity contribution in [2.75, 3.05) is 19.0 Å². The Labute approximate surface area is 185 Å². The highest BCUT2D eigenvalue weighted by atomic mass is 32.1. The van der Waals surface area contributed by atoms with Gasteiger partial charge < -0.3 is 15.0 Å². The van der Waals surface area contributed by atoms with Gasteiger partial charge in [-0.1, -0.05) is 18.2 Å². The largest absolute Gasteiger partial charge is 0.493 e. The summed E-state index contributed by atoms with van der Waals surface area (Å²) in [7, 11) is 1.76. The molecule has 1 unspecified atom stereocenters. The molecule has 0 aliphatic rings. The highest BCUT2D eigenvalue weighted by Gasteiger charge is 2.22. The zero-order valence-corrected chi connectivity index (χ0v) is 19.0. The highest BCUT2D eigenvalue weighted by molar-refractivity contribution is 7.11. The average Bonchev–Trinajstić information content (AvgIpc) is 3.32. The van der Waals surface area contributed by atoms with Gasteiger partial charge in [0.15, 0.2) is 0 Å². The molecule has 0 saturated carbocycles. The van der Waals surface area contributed by atoms with Gasteiger partial charge in [0, 0.05) is 18.1 Å². The van der Waals surface area contributed by atoms with Crippen LogP contribution in [0, 0.1) is 13.8 Å². The fourth-order valence-corrected chi connectivity index (χ4v) is 4.01. The lowest BCUT2D eigenvalue weighted by atomic mass is 10.2. The van der Waals surface area contributed by atoms with Crippen molar-refractivity contribution in [3.63, 3.8) is 0 Å². The number of aromatic nitrogens is 3. The molecule has 0 fully saturated rings. The third kappa shape index (κ3) is 6.14. The number of rotatable bonds is 9. The van der Waals surface area contributed by atoms with Crippen LogP contribution in [0.4, 0.5) is 5.69 Å². The summed E-state index contributed by atoms with van der Waals surface area (Å²) in [5, 5.41) is 7.94. The molecule has 31 heavy (non-hydrogen) atoms. The average molecular weight is 442 g/mol. The summed E-state index contributed by atoms with van der Waals surface area (Å²) in [5.41, 5.74) is 1.46. The van der Waals surface area contributed by atoms with Crippen molar-refractivity contribution >= 4 is 28.8 Å². The molecule has 0 spiro atoms. The van der Waals surface area contributed by atoms with Gasteiger partial charge in [0.05, 0.1) is 41.7 Å². The number of anilines is 1. The predicted molar refractivity (Wildman–Crippen MR) is 120 cm³/mol. The maximum Gasteiger partial charge on any atom is 0.244 e. The van der Waals surface area contributed by atoms with E-state index in [1.165, 1.54) is 10.9 Å². The van der Waals surface area contributed by atoms with Gasteiger partial charge in [0.1, 0.15) is 12.3 Å². The van der Waals surface area contributed by atoms with E-state index in [4.69, 9.17) is 4.74 Å². The van der Waals surface area contributed by atoms with Crippen LogP contribution in [0.25, 0.3) is 0 Å². The molecule has 2 amide bonds. The van der Waals surface area contributed by atoms with E-state index < -0.39 is 0 Å². The van der Waals surface area contributed by atoms with Crippen LogP contribution in [0.3, 0.4) is 0 Å². The maximum atomic E-state index is 12.7. The first-order chi connectivity index (χ1) is 14.8. The van der Waals surface area contributed by atoms with Gasteiger partial charge in [-0.3, -0.25) is 14.3 Å². The molecule has 2 aromatic heterocycles. The molecular formula is C22H27N5O3S. The van der Waals surface area contributed by atoms with Gasteiger partial charge in [-0.25, -0.2) is 4.98 Å². The third-order valence-corrected chi connectivity index (χ3v) is 5.77. The lowest BCUT2D eigenvalue weighted by Crippen LogP contribution is -2.33. The van der Waals surface area contributed by atoms with Crippen molar-refractivity contribution in [2.45, 2.75) is 39.8 Å². The lowest BCUT2D eigenvalue weighted by molar-refractivity contribution is -0.132. The molecule has 164 valence electrons. The molecule has 0 saturated heterocycles. The van der Waals surface area contributed by atoms with Gasteiger partial charge in [0.2, 0.25) is 11.8 Å². The van der Waals surface area contributed by atoms with Crippen molar-refractivity contribution in [2.24, 2.45) is 0 Å². The van der Waals surface area contributed by atoms with E-state index in [0.717, 1.165) is 21.3 Å². The van der Waals surface area contributed by atoms with Gasteiger partial charge in [-0.05, 0) is 32.9 Å². The smallest absolute Gasteiger partial charge is 0.244 e. The summed E-state index contributed by atoms with van der Waals surface area (Å²) in [6, 6.07) is 9.21. The fraction of sp³-hybridized carbons (Fsp3) is 0.364. The van der Waals surface area contributed by atoms with E-state index in [1.807, 2.05) is 51.1 Å². The predicted octanol–water partition coefficient (Wildman–Crippen LogP) is 3.58. The summed E-state index contributed by atoms with van der Waals surface area (Å²) >= 11 is 1.63. The first-order valence-corrected chi connectivity index (χ1v) is 10.8. The topological polar surface area (TPSA) is 89.4 Å². The first-order valence-electron chi connectivity index (χ1n) is 10.0. The van der Waals surface area contributed by atoms with Crippen LogP contribution in [0.15, 0.2) is 42.7 Å². The molecule has 1 N–H and O–H groups in total. The molecule has 3 aromatic rings. The van der Waals surface area contributed by atoms with Crippen molar-refractivity contribution in [3.8, 4) is 5.75 Å². The minimum absolute atomic E-state index is 0.0794.